The quantitative estimate of drug-likeness (QED) is 0.818. The van der Waals surface area contributed by atoms with Crippen molar-refractivity contribution in [1.29, 1.82) is 0 Å². The Bertz CT molecular complexity index is 307. The molecule has 0 radical (unpaired) electrons. The van der Waals surface area contributed by atoms with Crippen LogP contribution in [0, 0.1) is 0 Å². The molecule has 3 aliphatic rings. The topological polar surface area (TPSA) is 24.1 Å². The van der Waals surface area contributed by atoms with E-state index in [-0.39, 0.29) is 12.1 Å². The van der Waals surface area contributed by atoms with Gasteiger partial charge in [-0.15, -0.1) is 0 Å². The Morgan fingerprint density at radius 3 is 1.14 bits per heavy atom. The molecule has 0 saturated heterocycles. The number of halogens is 2. The summed E-state index contributed by atoms with van der Waals surface area (Å²) in [6, 6.07) is 0.691. The zero-order chi connectivity index (χ0) is 15.4. The summed E-state index contributed by atoms with van der Waals surface area (Å²) in [5.41, 5.74) is 0. The van der Waals surface area contributed by atoms with Crippen LogP contribution in [0.5, 0.6) is 0 Å². The van der Waals surface area contributed by atoms with E-state index in [4.69, 9.17) is 0 Å². The first-order valence-corrected chi connectivity index (χ1v) is 9.54. The molecule has 0 bridgehead atoms. The van der Waals surface area contributed by atoms with Crippen LogP contribution in [0.4, 0.5) is 8.78 Å². The maximum atomic E-state index is 14.1. The number of hydrogen-bond donors (Lipinski definition) is 2. The molecule has 3 saturated carbocycles. The van der Waals surface area contributed by atoms with Gasteiger partial charge in [0.15, 0.2) is 0 Å². The Morgan fingerprint density at radius 1 is 0.455 bits per heavy atom. The van der Waals surface area contributed by atoms with Crippen molar-refractivity contribution in [3.63, 3.8) is 0 Å². The average molecular weight is 314 g/mol. The fourth-order valence-corrected chi connectivity index (χ4v) is 4.63. The van der Waals surface area contributed by atoms with Crippen LogP contribution in [0.2, 0.25) is 0 Å². The Hall–Kier alpha value is -0.220. The number of alkyl halides is 2. The lowest BCUT2D eigenvalue weighted by Crippen LogP contribution is -2.58. The highest BCUT2D eigenvalue weighted by molar-refractivity contribution is 4.94. The minimum absolute atomic E-state index is 0.0219. The smallest absolute Gasteiger partial charge is 0.115 e. The van der Waals surface area contributed by atoms with Crippen molar-refractivity contribution in [2.45, 2.75) is 114 Å². The zero-order valence-electron chi connectivity index (χ0n) is 13.7. The molecule has 2 nitrogen and oxygen atoms in total. The van der Waals surface area contributed by atoms with Crippen LogP contribution in [0.1, 0.15) is 77.0 Å². The maximum absolute atomic E-state index is 14.1. The van der Waals surface area contributed by atoms with Crippen LogP contribution >= 0.6 is 0 Å². The summed E-state index contributed by atoms with van der Waals surface area (Å²) in [6.45, 7) is 0. The summed E-state index contributed by atoms with van der Waals surface area (Å²) in [5.74, 6) is 0. The molecule has 22 heavy (non-hydrogen) atoms. The molecule has 0 aromatic heterocycles. The molecule has 6 unspecified atom stereocenters. The van der Waals surface area contributed by atoms with E-state index in [1.807, 2.05) is 0 Å². The molecular weight excluding hydrogens is 282 g/mol. The fourth-order valence-electron chi connectivity index (χ4n) is 4.63. The first-order chi connectivity index (χ1) is 10.7. The lowest BCUT2D eigenvalue weighted by atomic mass is 9.85. The van der Waals surface area contributed by atoms with Crippen LogP contribution in [-0.2, 0) is 0 Å². The van der Waals surface area contributed by atoms with Crippen molar-refractivity contribution >= 4 is 0 Å². The lowest BCUT2D eigenvalue weighted by Gasteiger charge is -2.40. The van der Waals surface area contributed by atoms with Gasteiger partial charge < -0.3 is 10.6 Å². The SMILES string of the molecule is FC1CCCCC1NC1CCCCC1NC1CCCCC1F. The van der Waals surface area contributed by atoms with E-state index in [1.165, 1.54) is 12.8 Å². The molecule has 6 atom stereocenters. The van der Waals surface area contributed by atoms with Crippen LogP contribution in [0.3, 0.4) is 0 Å². The van der Waals surface area contributed by atoms with Crippen molar-refractivity contribution in [2.75, 3.05) is 0 Å². The van der Waals surface area contributed by atoms with Gasteiger partial charge >= 0.3 is 0 Å². The van der Waals surface area contributed by atoms with Crippen LogP contribution in [0.25, 0.3) is 0 Å². The second-order valence-electron chi connectivity index (χ2n) is 7.64. The van der Waals surface area contributed by atoms with Crippen molar-refractivity contribution in [3.8, 4) is 0 Å². The molecule has 0 aromatic carbocycles. The third-order valence-corrected chi connectivity index (χ3v) is 5.99. The lowest BCUT2D eigenvalue weighted by molar-refractivity contribution is 0.131. The Kier molecular flexibility index (Phi) is 6.09. The Labute approximate surface area is 133 Å². The first-order valence-electron chi connectivity index (χ1n) is 9.54. The predicted octanol–water partition coefficient (Wildman–Crippen LogP) is 4.04. The highest BCUT2D eigenvalue weighted by Crippen LogP contribution is 2.27. The third-order valence-electron chi connectivity index (χ3n) is 5.99. The summed E-state index contributed by atoms with van der Waals surface area (Å²) >= 11 is 0. The van der Waals surface area contributed by atoms with Gasteiger partial charge in [0.2, 0.25) is 0 Å². The Balaban J connectivity index is 1.56. The van der Waals surface area contributed by atoms with Gasteiger partial charge in [0.1, 0.15) is 12.3 Å². The van der Waals surface area contributed by atoms with E-state index in [0.717, 1.165) is 51.4 Å². The third kappa shape index (κ3) is 4.19. The molecule has 3 aliphatic carbocycles. The summed E-state index contributed by atoms with van der Waals surface area (Å²) in [4.78, 5) is 0. The van der Waals surface area contributed by atoms with E-state index < -0.39 is 12.3 Å². The van der Waals surface area contributed by atoms with Gasteiger partial charge in [-0.1, -0.05) is 38.5 Å². The van der Waals surface area contributed by atoms with E-state index in [1.54, 1.807) is 0 Å². The average Bonchev–Trinajstić information content (AvgIpc) is 2.53. The summed E-state index contributed by atoms with van der Waals surface area (Å²) in [6.07, 6.45) is 10.9. The zero-order valence-corrected chi connectivity index (χ0v) is 13.7. The molecule has 0 spiro atoms. The second-order valence-corrected chi connectivity index (χ2v) is 7.64. The molecule has 4 heteroatoms. The van der Waals surface area contributed by atoms with Crippen molar-refractivity contribution in [3.05, 3.63) is 0 Å². The summed E-state index contributed by atoms with van der Waals surface area (Å²) in [5, 5.41) is 7.20. The standard InChI is InChI=1S/C18H32F2N2/c19-13-7-1-3-9-15(13)21-17-11-5-6-12-18(17)22-16-10-4-2-8-14(16)20/h13-18,21-22H,1-12H2. The molecule has 0 heterocycles. The molecule has 3 fully saturated rings. The van der Waals surface area contributed by atoms with Gasteiger partial charge in [-0.05, 0) is 38.5 Å². The highest BCUT2D eigenvalue weighted by Gasteiger charge is 2.34. The normalized spacial score (nSPS) is 43.9. The van der Waals surface area contributed by atoms with E-state index in [2.05, 4.69) is 10.6 Å². The largest absolute Gasteiger partial charge is 0.307 e. The van der Waals surface area contributed by atoms with Gasteiger partial charge in [0.05, 0.1) is 0 Å². The predicted molar refractivity (Wildman–Crippen MR) is 86.6 cm³/mol. The van der Waals surface area contributed by atoms with Gasteiger partial charge in [-0.3, -0.25) is 0 Å². The molecule has 0 aliphatic heterocycles. The summed E-state index contributed by atoms with van der Waals surface area (Å²) in [7, 11) is 0. The van der Waals surface area contributed by atoms with Gasteiger partial charge in [0.25, 0.3) is 0 Å². The molecule has 0 amide bonds. The van der Waals surface area contributed by atoms with E-state index >= 15 is 0 Å². The highest BCUT2D eigenvalue weighted by atomic mass is 19.1. The molecule has 3 rings (SSSR count). The molecule has 0 aromatic rings. The van der Waals surface area contributed by atoms with Crippen molar-refractivity contribution in [1.82, 2.24) is 10.6 Å². The van der Waals surface area contributed by atoms with Crippen molar-refractivity contribution in [2.24, 2.45) is 0 Å². The summed E-state index contributed by atoms with van der Waals surface area (Å²) < 4.78 is 28.2. The van der Waals surface area contributed by atoms with Crippen LogP contribution < -0.4 is 10.6 Å². The minimum atomic E-state index is -0.695. The minimum Gasteiger partial charge on any atom is -0.307 e. The number of nitrogens with one attached hydrogen (secondary N) is 2. The fraction of sp³-hybridized carbons (Fsp3) is 1.00. The van der Waals surface area contributed by atoms with E-state index in [9.17, 15) is 8.78 Å². The molecule has 128 valence electrons. The first kappa shape index (κ1) is 16.6. The molecule has 2 N–H and O–H groups in total. The van der Waals surface area contributed by atoms with Gasteiger partial charge in [-0.2, -0.15) is 0 Å². The van der Waals surface area contributed by atoms with E-state index in [0.29, 0.717) is 24.9 Å². The van der Waals surface area contributed by atoms with Gasteiger partial charge in [-0.25, -0.2) is 8.78 Å². The molecular formula is C18H32F2N2. The number of rotatable bonds is 4. The second kappa shape index (κ2) is 8.05. The number of hydrogen-bond acceptors (Lipinski definition) is 2. The monoisotopic (exact) mass is 314 g/mol. The van der Waals surface area contributed by atoms with Crippen LogP contribution in [-0.4, -0.2) is 36.5 Å². The van der Waals surface area contributed by atoms with Crippen molar-refractivity contribution < 1.29 is 8.78 Å². The van der Waals surface area contributed by atoms with Crippen LogP contribution in [0.15, 0.2) is 0 Å². The van der Waals surface area contributed by atoms with Gasteiger partial charge in [0, 0.05) is 24.2 Å². The maximum Gasteiger partial charge on any atom is 0.115 e. The Morgan fingerprint density at radius 2 is 0.773 bits per heavy atom.